The summed E-state index contributed by atoms with van der Waals surface area (Å²) in [4.78, 5) is 5.62. The van der Waals surface area contributed by atoms with Crippen LogP contribution in [0.15, 0.2) is 23.4 Å². The zero-order valence-corrected chi connectivity index (χ0v) is 11.8. The van der Waals surface area contributed by atoms with Crippen molar-refractivity contribution in [3.63, 3.8) is 0 Å². The Bertz CT molecular complexity index is 550. The Balaban J connectivity index is 2.14. The predicted octanol–water partition coefficient (Wildman–Crippen LogP) is 0.839. The van der Waals surface area contributed by atoms with Crippen molar-refractivity contribution in [1.82, 2.24) is 14.6 Å². The number of nitrogens with zero attached hydrogens (tertiary/aromatic N) is 2. The van der Waals surface area contributed by atoms with Gasteiger partial charge in [-0.3, -0.25) is 4.98 Å². The zero-order valence-electron chi connectivity index (χ0n) is 11.0. The number of pyridine rings is 1. The number of sulfonamides is 1. The number of hydrogen-bond donors (Lipinski definition) is 1. The predicted molar refractivity (Wildman–Crippen MR) is 69.6 cm³/mol. The van der Waals surface area contributed by atoms with Gasteiger partial charge in [0.1, 0.15) is 10.7 Å². The van der Waals surface area contributed by atoms with Crippen molar-refractivity contribution < 1.29 is 12.8 Å². The molecule has 0 unspecified atom stereocenters. The molecular formula is C12H18FN3O2S. The van der Waals surface area contributed by atoms with Crippen LogP contribution in [0.3, 0.4) is 0 Å². The van der Waals surface area contributed by atoms with Gasteiger partial charge in [0.05, 0.1) is 6.20 Å². The van der Waals surface area contributed by atoms with Crippen LogP contribution < -0.4 is 4.72 Å². The van der Waals surface area contributed by atoms with Gasteiger partial charge in [-0.25, -0.2) is 17.5 Å². The maximum Gasteiger partial charge on any atom is 0.242 e. The van der Waals surface area contributed by atoms with Gasteiger partial charge >= 0.3 is 0 Å². The number of nitrogens with one attached hydrogen (secondary N) is 1. The molecular weight excluding hydrogens is 269 g/mol. The van der Waals surface area contributed by atoms with Gasteiger partial charge in [-0.2, -0.15) is 0 Å². The van der Waals surface area contributed by atoms with E-state index in [1.165, 1.54) is 0 Å². The molecule has 2 rings (SSSR count). The molecule has 0 spiro atoms. The molecule has 2 atom stereocenters. The van der Waals surface area contributed by atoms with Crippen molar-refractivity contribution in [3.8, 4) is 0 Å². The third-order valence-corrected chi connectivity index (χ3v) is 4.89. The van der Waals surface area contributed by atoms with Crippen LogP contribution >= 0.6 is 0 Å². The third kappa shape index (κ3) is 3.29. The molecule has 106 valence electrons. The van der Waals surface area contributed by atoms with Crippen LogP contribution in [-0.2, 0) is 10.0 Å². The topological polar surface area (TPSA) is 62.3 Å². The summed E-state index contributed by atoms with van der Waals surface area (Å²) in [5.41, 5.74) is 0. The fourth-order valence-electron chi connectivity index (χ4n) is 2.29. The van der Waals surface area contributed by atoms with Crippen LogP contribution in [0.1, 0.15) is 13.8 Å². The highest BCUT2D eigenvalue weighted by molar-refractivity contribution is 7.89. The molecule has 1 saturated heterocycles. The summed E-state index contributed by atoms with van der Waals surface area (Å²) in [6, 6.07) is 0.834. The first-order valence-corrected chi connectivity index (χ1v) is 7.76. The van der Waals surface area contributed by atoms with Gasteiger partial charge in [-0.1, -0.05) is 13.8 Å². The Labute approximate surface area is 112 Å². The largest absolute Gasteiger partial charge is 0.302 e. The Morgan fingerprint density at radius 3 is 2.79 bits per heavy atom. The monoisotopic (exact) mass is 287 g/mol. The van der Waals surface area contributed by atoms with Crippen LogP contribution in [0.4, 0.5) is 4.39 Å². The molecule has 0 radical (unpaired) electrons. The second-order valence-electron chi connectivity index (χ2n) is 4.90. The number of hydrogen-bond acceptors (Lipinski definition) is 4. The number of likely N-dealkylation sites (N-methyl/N-ethyl adjacent to an activating group) is 1. The van der Waals surface area contributed by atoms with E-state index < -0.39 is 15.8 Å². The lowest BCUT2D eigenvalue weighted by molar-refractivity contribution is 0.344. The highest BCUT2D eigenvalue weighted by atomic mass is 32.2. The molecule has 1 aliphatic rings. The molecule has 5 nitrogen and oxygen atoms in total. The molecule has 19 heavy (non-hydrogen) atoms. The van der Waals surface area contributed by atoms with Crippen molar-refractivity contribution in [3.05, 3.63) is 24.3 Å². The molecule has 1 aliphatic heterocycles. The van der Waals surface area contributed by atoms with E-state index in [-0.39, 0.29) is 16.9 Å². The smallest absolute Gasteiger partial charge is 0.242 e. The molecule has 7 heteroatoms. The van der Waals surface area contributed by atoms with Crippen LogP contribution in [0.5, 0.6) is 0 Å². The number of aromatic nitrogens is 1. The van der Waals surface area contributed by atoms with Crippen LogP contribution in [-0.4, -0.2) is 44.0 Å². The van der Waals surface area contributed by atoms with Crippen LogP contribution in [0, 0.1) is 11.7 Å². The fourth-order valence-corrected chi connectivity index (χ4v) is 3.59. The van der Waals surface area contributed by atoms with E-state index in [9.17, 15) is 12.8 Å². The average Bonchev–Trinajstić information content (AvgIpc) is 2.70. The molecule has 0 amide bonds. The highest BCUT2D eigenvalue weighted by Crippen LogP contribution is 2.18. The highest BCUT2D eigenvalue weighted by Gasteiger charge is 2.32. The first kappa shape index (κ1) is 14.4. The lowest BCUT2D eigenvalue weighted by atomic mass is 10.1. The molecule has 1 aromatic heterocycles. The minimum atomic E-state index is -3.71. The van der Waals surface area contributed by atoms with E-state index in [1.54, 1.807) is 0 Å². The first-order chi connectivity index (χ1) is 8.92. The summed E-state index contributed by atoms with van der Waals surface area (Å²) < 4.78 is 40.0. The van der Waals surface area contributed by atoms with E-state index in [1.807, 2.05) is 13.8 Å². The Morgan fingerprint density at radius 1 is 1.47 bits per heavy atom. The number of likely N-dealkylation sites (tertiary alicyclic amines) is 1. The van der Waals surface area contributed by atoms with Gasteiger partial charge in [-0.15, -0.1) is 0 Å². The van der Waals surface area contributed by atoms with Crippen molar-refractivity contribution in [2.24, 2.45) is 5.92 Å². The van der Waals surface area contributed by atoms with Crippen molar-refractivity contribution in [2.75, 3.05) is 19.6 Å². The quantitative estimate of drug-likeness (QED) is 0.891. The standard InChI is InChI=1S/C12H18FN3O2S/c1-3-16-7-9(2)12(8-16)15-19(17,18)11-4-10(13)5-14-6-11/h4-6,9,12,15H,3,7-8H2,1-2H3/t9-,12-/m1/s1. The molecule has 2 heterocycles. The summed E-state index contributed by atoms with van der Waals surface area (Å²) in [6.07, 6.45) is 2.14. The second kappa shape index (κ2) is 5.52. The maximum absolute atomic E-state index is 13.0. The lowest BCUT2D eigenvalue weighted by Crippen LogP contribution is -2.39. The zero-order chi connectivity index (χ0) is 14.0. The molecule has 0 saturated carbocycles. The Morgan fingerprint density at radius 2 is 2.21 bits per heavy atom. The molecule has 1 fully saturated rings. The number of rotatable bonds is 4. The molecule has 0 aliphatic carbocycles. The van der Waals surface area contributed by atoms with Gasteiger partial charge in [0.25, 0.3) is 0 Å². The normalized spacial score (nSPS) is 24.8. The van der Waals surface area contributed by atoms with Crippen molar-refractivity contribution in [1.29, 1.82) is 0 Å². The number of halogens is 1. The van der Waals surface area contributed by atoms with E-state index in [0.29, 0.717) is 6.54 Å². The summed E-state index contributed by atoms with van der Waals surface area (Å²) in [5.74, 6) is -0.422. The van der Waals surface area contributed by atoms with E-state index in [0.717, 1.165) is 31.5 Å². The minimum absolute atomic E-state index is 0.130. The summed E-state index contributed by atoms with van der Waals surface area (Å²) in [5, 5.41) is 0. The SMILES string of the molecule is CCN1C[C@@H](C)[C@H](NS(=O)(=O)c2cncc(F)c2)C1. The Hall–Kier alpha value is -1.05. The van der Waals surface area contributed by atoms with Crippen molar-refractivity contribution >= 4 is 10.0 Å². The second-order valence-corrected chi connectivity index (χ2v) is 6.61. The van der Waals surface area contributed by atoms with Crippen molar-refractivity contribution in [2.45, 2.75) is 24.8 Å². The van der Waals surface area contributed by atoms with Crippen LogP contribution in [0.25, 0.3) is 0 Å². The third-order valence-electron chi connectivity index (χ3n) is 3.43. The lowest BCUT2D eigenvalue weighted by Gasteiger charge is -2.16. The van der Waals surface area contributed by atoms with E-state index in [4.69, 9.17) is 0 Å². The van der Waals surface area contributed by atoms with Gasteiger partial charge in [0.15, 0.2) is 0 Å². The van der Waals surface area contributed by atoms with Gasteiger partial charge in [0.2, 0.25) is 10.0 Å². The summed E-state index contributed by atoms with van der Waals surface area (Å²) in [6.45, 7) is 6.49. The van der Waals surface area contributed by atoms with E-state index >= 15 is 0 Å². The summed E-state index contributed by atoms with van der Waals surface area (Å²) in [7, 11) is -3.71. The van der Waals surface area contributed by atoms with Gasteiger partial charge in [-0.05, 0) is 18.5 Å². The molecule has 0 aromatic carbocycles. The maximum atomic E-state index is 13.0. The van der Waals surface area contributed by atoms with E-state index in [2.05, 4.69) is 14.6 Å². The van der Waals surface area contributed by atoms with Crippen LogP contribution in [0.2, 0.25) is 0 Å². The average molecular weight is 287 g/mol. The fraction of sp³-hybridized carbons (Fsp3) is 0.583. The van der Waals surface area contributed by atoms with Gasteiger partial charge < -0.3 is 4.90 Å². The minimum Gasteiger partial charge on any atom is -0.302 e. The molecule has 1 aromatic rings. The Kier molecular flexibility index (Phi) is 4.17. The summed E-state index contributed by atoms with van der Waals surface area (Å²) >= 11 is 0. The first-order valence-electron chi connectivity index (χ1n) is 6.27. The van der Waals surface area contributed by atoms with Gasteiger partial charge in [0, 0.05) is 25.3 Å². The molecule has 1 N–H and O–H groups in total. The molecule has 0 bridgehead atoms.